The predicted molar refractivity (Wildman–Crippen MR) is 79.5 cm³/mol. The molecule has 0 spiro atoms. The molecule has 0 saturated heterocycles. The molecule has 0 aliphatic rings. The zero-order chi connectivity index (χ0) is 15.7. The number of carbonyl (C=O) groups excluding carboxylic acids is 2. The Labute approximate surface area is 125 Å². The van der Waals surface area contributed by atoms with Gasteiger partial charge >= 0.3 is 11.9 Å². The van der Waals surface area contributed by atoms with Gasteiger partial charge in [-0.05, 0) is 18.4 Å². The monoisotopic (exact) mass is 293 g/mol. The second-order valence-corrected chi connectivity index (χ2v) is 5.00. The number of esters is 2. The summed E-state index contributed by atoms with van der Waals surface area (Å²) in [6, 6.07) is 8.94. The second-order valence-electron chi connectivity index (χ2n) is 5.00. The molecule has 0 aliphatic carbocycles. The highest BCUT2D eigenvalue weighted by atomic mass is 16.5. The fourth-order valence-corrected chi connectivity index (χ4v) is 1.81. The molecule has 0 heterocycles. The lowest BCUT2D eigenvalue weighted by Crippen LogP contribution is -2.44. The van der Waals surface area contributed by atoms with Gasteiger partial charge in [0.2, 0.25) is 0 Å². The molecule has 0 radical (unpaired) electrons. The smallest absolute Gasteiger partial charge is 0.323 e. The summed E-state index contributed by atoms with van der Waals surface area (Å²) in [5, 5.41) is 2.89. The van der Waals surface area contributed by atoms with E-state index in [0.29, 0.717) is 6.61 Å². The number of hydrogen-bond donors (Lipinski definition) is 1. The van der Waals surface area contributed by atoms with Crippen molar-refractivity contribution in [3.63, 3.8) is 0 Å². The van der Waals surface area contributed by atoms with Crippen LogP contribution in [0.5, 0.6) is 0 Å². The highest BCUT2D eigenvalue weighted by molar-refractivity contribution is 5.78. The number of ether oxygens (including phenoxy) is 2. The van der Waals surface area contributed by atoms with Crippen LogP contribution in [0.3, 0.4) is 0 Å². The summed E-state index contributed by atoms with van der Waals surface area (Å²) in [4.78, 5) is 23.4. The molecule has 1 aromatic carbocycles. The van der Waals surface area contributed by atoms with Crippen LogP contribution in [0.4, 0.5) is 0 Å². The van der Waals surface area contributed by atoms with E-state index in [9.17, 15) is 9.59 Å². The standard InChI is InChI=1S/C16H23NO4/c1-4-20-16(19)15(12(2)3)17-10-14(18)21-11-13-8-6-5-7-9-13/h5-9,12,15,17H,4,10-11H2,1-3H3/t15-/m0/s1. The minimum Gasteiger partial charge on any atom is -0.465 e. The van der Waals surface area contributed by atoms with Crippen LogP contribution in [0.1, 0.15) is 26.3 Å². The van der Waals surface area contributed by atoms with Crippen LogP contribution in [-0.2, 0) is 25.7 Å². The Bertz CT molecular complexity index is 445. The summed E-state index contributed by atoms with van der Waals surface area (Å²) in [6.07, 6.45) is 0. The molecule has 1 rings (SSSR count). The first kappa shape index (κ1) is 17.2. The zero-order valence-corrected chi connectivity index (χ0v) is 12.8. The van der Waals surface area contributed by atoms with Crippen LogP contribution in [0.2, 0.25) is 0 Å². The Kier molecular flexibility index (Phi) is 7.46. The van der Waals surface area contributed by atoms with Gasteiger partial charge in [0.1, 0.15) is 12.6 Å². The third kappa shape index (κ3) is 6.40. The van der Waals surface area contributed by atoms with Gasteiger partial charge in [-0.15, -0.1) is 0 Å². The summed E-state index contributed by atoms with van der Waals surface area (Å²) in [6.45, 7) is 6.07. The van der Waals surface area contributed by atoms with Crippen LogP contribution in [-0.4, -0.2) is 31.1 Å². The van der Waals surface area contributed by atoms with Gasteiger partial charge in [-0.25, -0.2) is 0 Å². The summed E-state index contributed by atoms with van der Waals surface area (Å²) in [7, 11) is 0. The maximum absolute atomic E-state index is 11.7. The van der Waals surface area contributed by atoms with E-state index in [0.717, 1.165) is 5.56 Å². The molecule has 0 aliphatic heterocycles. The molecule has 0 fully saturated rings. The van der Waals surface area contributed by atoms with Gasteiger partial charge in [0.05, 0.1) is 13.2 Å². The highest BCUT2D eigenvalue weighted by Crippen LogP contribution is 2.04. The molecule has 1 N–H and O–H groups in total. The normalized spacial score (nSPS) is 12.0. The van der Waals surface area contributed by atoms with Crippen LogP contribution in [0, 0.1) is 5.92 Å². The number of hydrogen-bond acceptors (Lipinski definition) is 5. The number of nitrogens with one attached hydrogen (secondary N) is 1. The zero-order valence-electron chi connectivity index (χ0n) is 12.8. The van der Waals surface area contributed by atoms with Crippen LogP contribution >= 0.6 is 0 Å². The van der Waals surface area contributed by atoms with E-state index < -0.39 is 12.0 Å². The molecular formula is C16H23NO4. The minimum absolute atomic E-state index is 0.0194. The Morgan fingerprint density at radius 1 is 1.14 bits per heavy atom. The van der Waals surface area contributed by atoms with Crippen molar-refractivity contribution >= 4 is 11.9 Å². The molecule has 0 saturated carbocycles. The van der Waals surface area contributed by atoms with Crippen LogP contribution < -0.4 is 5.32 Å². The van der Waals surface area contributed by atoms with Crippen molar-refractivity contribution in [1.29, 1.82) is 0 Å². The van der Waals surface area contributed by atoms with Gasteiger partial charge in [-0.1, -0.05) is 44.2 Å². The number of benzene rings is 1. The summed E-state index contributed by atoms with van der Waals surface area (Å²) < 4.78 is 10.1. The molecule has 1 aromatic rings. The lowest BCUT2D eigenvalue weighted by Gasteiger charge is -2.20. The fraction of sp³-hybridized carbons (Fsp3) is 0.500. The van der Waals surface area contributed by atoms with E-state index in [1.165, 1.54) is 0 Å². The van der Waals surface area contributed by atoms with Crippen molar-refractivity contribution < 1.29 is 19.1 Å². The lowest BCUT2D eigenvalue weighted by molar-refractivity contribution is -0.148. The molecule has 5 heteroatoms. The molecular weight excluding hydrogens is 270 g/mol. The maximum Gasteiger partial charge on any atom is 0.323 e. The molecule has 0 unspecified atom stereocenters. The Morgan fingerprint density at radius 2 is 1.81 bits per heavy atom. The van der Waals surface area contributed by atoms with Gasteiger partial charge in [0, 0.05) is 0 Å². The maximum atomic E-state index is 11.7. The molecule has 21 heavy (non-hydrogen) atoms. The van der Waals surface area contributed by atoms with Crippen molar-refractivity contribution in [2.75, 3.05) is 13.2 Å². The van der Waals surface area contributed by atoms with E-state index in [4.69, 9.17) is 9.47 Å². The van der Waals surface area contributed by atoms with Gasteiger partial charge in [0.25, 0.3) is 0 Å². The predicted octanol–water partition coefficient (Wildman–Crippen LogP) is 1.91. The van der Waals surface area contributed by atoms with Crippen molar-refractivity contribution in [2.24, 2.45) is 5.92 Å². The largest absolute Gasteiger partial charge is 0.465 e. The van der Waals surface area contributed by atoms with Gasteiger partial charge < -0.3 is 9.47 Å². The summed E-state index contributed by atoms with van der Waals surface area (Å²) >= 11 is 0. The third-order valence-corrected chi connectivity index (χ3v) is 2.92. The van der Waals surface area contributed by atoms with Gasteiger partial charge in [-0.2, -0.15) is 0 Å². The van der Waals surface area contributed by atoms with Crippen molar-refractivity contribution in [3.8, 4) is 0 Å². The average molecular weight is 293 g/mol. The molecule has 1 atom stereocenters. The van der Waals surface area contributed by atoms with Crippen molar-refractivity contribution in [2.45, 2.75) is 33.4 Å². The van der Waals surface area contributed by atoms with E-state index in [-0.39, 0.29) is 25.0 Å². The fourth-order valence-electron chi connectivity index (χ4n) is 1.81. The Balaban J connectivity index is 2.38. The van der Waals surface area contributed by atoms with Crippen LogP contribution in [0.15, 0.2) is 30.3 Å². The number of rotatable bonds is 8. The first-order valence-electron chi connectivity index (χ1n) is 7.14. The van der Waals surface area contributed by atoms with Crippen molar-refractivity contribution in [1.82, 2.24) is 5.32 Å². The highest BCUT2D eigenvalue weighted by Gasteiger charge is 2.23. The van der Waals surface area contributed by atoms with Crippen LogP contribution in [0.25, 0.3) is 0 Å². The molecule has 0 amide bonds. The lowest BCUT2D eigenvalue weighted by atomic mass is 10.0. The second kappa shape index (κ2) is 9.13. The Hall–Kier alpha value is -1.88. The van der Waals surface area contributed by atoms with E-state index in [2.05, 4.69) is 5.32 Å². The average Bonchev–Trinajstić information content (AvgIpc) is 2.46. The molecule has 5 nitrogen and oxygen atoms in total. The SMILES string of the molecule is CCOC(=O)[C@@H](NCC(=O)OCc1ccccc1)C(C)C. The van der Waals surface area contributed by atoms with Crippen molar-refractivity contribution in [3.05, 3.63) is 35.9 Å². The number of carbonyl (C=O) groups is 2. The van der Waals surface area contributed by atoms with Gasteiger partial charge in [-0.3, -0.25) is 14.9 Å². The first-order chi connectivity index (χ1) is 10.0. The van der Waals surface area contributed by atoms with Gasteiger partial charge in [0.15, 0.2) is 0 Å². The summed E-state index contributed by atoms with van der Waals surface area (Å²) in [5.74, 6) is -0.705. The first-order valence-corrected chi connectivity index (χ1v) is 7.14. The third-order valence-electron chi connectivity index (χ3n) is 2.92. The molecule has 116 valence electrons. The topological polar surface area (TPSA) is 64.6 Å². The van der Waals surface area contributed by atoms with E-state index in [1.807, 2.05) is 44.2 Å². The minimum atomic E-state index is -0.505. The summed E-state index contributed by atoms with van der Waals surface area (Å²) in [5.41, 5.74) is 0.927. The quantitative estimate of drug-likeness (QED) is 0.742. The van der Waals surface area contributed by atoms with E-state index >= 15 is 0 Å². The Morgan fingerprint density at radius 3 is 2.38 bits per heavy atom. The molecule has 0 aromatic heterocycles. The molecule has 0 bridgehead atoms. The van der Waals surface area contributed by atoms with E-state index in [1.54, 1.807) is 6.92 Å².